The minimum absolute atomic E-state index is 0.276. The molecule has 1 fully saturated rings. The largest absolute Gasteiger partial charge is 0.481 e. The molecule has 2 N–H and O–H groups in total. The van der Waals surface area contributed by atoms with Gasteiger partial charge in [0.1, 0.15) is 12.4 Å². The fourth-order valence-electron chi connectivity index (χ4n) is 3.95. The van der Waals surface area contributed by atoms with Gasteiger partial charge in [-0.25, -0.2) is 0 Å². The van der Waals surface area contributed by atoms with Crippen molar-refractivity contribution < 1.29 is 14.7 Å². The number of amides is 1. The molecule has 0 saturated heterocycles. The first-order valence-electron chi connectivity index (χ1n) is 8.85. The van der Waals surface area contributed by atoms with Crippen molar-refractivity contribution >= 4 is 17.6 Å². The molecule has 3 heterocycles. The van der Waals surface area contributed by atoms with Crippen LogP contribution < -0.4 is 5.32 Å². The van der Waals surface area contributed by atoms with E-state index < -0.39 is 23.2 Å². The molecule has 0 radical (unpaired) electrons. The molecule has 26 heavy (non-hydrogen) atoms. The summed E-state index contributed by atoms with van der Waals surface area (Å²) in [5.41, 5.74) is 0.0344. The first-order valence-corrected chi connectivity index (χ1v) is 8.85. The van der Waals surface area contributed by atoms with E-state index >= 15 is 0 Å². The molecule has 0 unspecified atom stereocenters. The second kappa shape index (κ2) is 5.93. The van der Waals surface area contributed by atoms with Crippen molar-refractivity contribution in [2.75, 3.05) is 5.32 Å². The molecule has 0 aromatic carbocycles. The molecule has 9 heteroatoms. The summed E-state index contributed by atoms with van der Waals surface area (Å²) in [7, 11) is 0. The molecule has 2 atom stereocenters. The summed E-state index contributed by atoms with van der Waals surface area (Å²) in [4.78, 5) is 23.6. The van der Waals surface area contributed by atoms with Gasteiger partial charge < -0.3 is 15.0 Å². The molecule has 2 aromatic heterocycles. The Kier molecular flexibility index (Phi) is 3.82. The van der Waals surface area contributed by atoms with Crippen LogP contribution in [0.15, 0.2) is 12.4 Å². The van der Waals surface area contributed by atoms with Gasteiger partial charge in [-0.2, -0.15) is 5.10 Å². The molecule has 1 amide bonds. The summed E-state index contributed by atoms with van der Waals surface area (Å²) in [6.07, 6.45) is 6.52. The molecule has 9 nitrogen and oxygen atoms in total. The smallest absolute Gasteiger partial charge is 0.307 e. The standard InChI is InChI=1S/C17H22N6O3/c1-17(2)13(14(17)16(25)26)15(24)19-10-7-18-22(8-10)9-12-21-20-11-5-3-4-6-23(11)12/h7-8,13-14H,3-6,9H2,1-2H3,(H,19,24)(H,25,26)/t13-,14+/m1/s1. The number of carbonyl (C=O) groups excluding carboxylic acids is 1. The number of hydrogen-bond acceptors (Lipinski definition) is 5. The van der Waals surface area contributed by atoms with Crippen LogP contribution in [0.3, 0.4) is 0 Å². The third kappa shape index (κ3) is 2.77. The Morgan fingerprint density at radius 3 is 2.85 bits per heavy atom. The van der Waals surface area contributed by atoms with Gasteiger partial charge >= 0.3 is 5.97 Å². The Balaban J connectivity index is 1.42. The van der Waals surface area contributed by atoms with Crippen LogP contribution in [-0.2, 0) is 29.1 Å². The lowest BCUT2D eigenvalue weighted by Gasteiger charge is -2.14. The van der Waals surface area contributed by atoms with E-state index in [-0.39, 0.29) is 5.91 Å². The van der Waals surface area contributed by atoms with Gasteiger partial charge in [0.2, 0.25) is 5.91 Å². The predicted molar refractivity (Wildman–Crippen MR) is 91.3 cm³/mol. The predicted octanol–water partition coefficient (Wildman–Crippen LogP) is 1.15. The maximum Gasteiger partial charge on any atom is 0.307 e. The van der Waals surface area contributed by atoms with Gasteiger partial charge in [-0.15, -0.1) is 10.2 Å². The summed E-state index contributed by atoms with van der Waals surface area (Å²) in [6.45, 7) is 5.01. The number of anilines is 1. The van der Waals surface area contributed by atoms with Crippen molar-refractivity contribution in [3.63, 3.8) is 0 Å². The highest BCUT2D eigenvalue weighted by Gasteiger charge is 2.65. The number of carbonyl (C=O) groups is 2. The first kappa shape index (κ1) is 16.7. The minimum Gasteiger partial charge on any atom is -0.481 e. The highest BCUT2D eigenvalue weighted by atomic mass is 16.4. The monoisotopic (exact) mass is 358 g/mol. The molecule has 2 aliphatic rings. The highest BCUT2D eigenvalue weighted by Crippen LogP contribution is 2.58. The summed E-state index contributed by atoms with van der Waals surface area (Å²) >= 11 is 0. The number of carboxylic acids is 1. The zero-order valence-electron chi connectivity index (χ0n) is 14.8. The molecule has 1 saturated carbocycles. The van der Waals surface area contributed by atoms with E-state index in [0.717, 1.165) is 37.5 Å². The van der Waals surface area contributed by atoms with E-state index in [4.69, 9.17) is 0 Å². The summed E-state index contributed by atoms with van der Waals surface area (Å²) < 4.78 is 3.84. The van der Waals surface area contributed by atoms with Crippen LogP contribution in [-0.4, -0.2) is 41.5 Å². The van der Waals surface area contributed by atoms with Crippen molar-refractivity contribution in [1.29, 1.82) is 0 Å². The summed E-state index contributed by atoms with van der Waals surface area (Å²) in [6, 6.07) is 0. The van der Waals surface area contributed by atoms with Crippen molar-refractivity contribution in [2.24, 2.45) is 17.3 Å². The van der Waals surface area contributed by atoms with Crippen LogP contribution in [0, 0.1) is 17.3 Å². The number of nitrogens with zero attached hydrogens (tertiary/aromatic N) is 5. The Bertz CT molecular complexity index is 868. The van der Waals surface area contributed by atoms with E-state index in [1.165, 1.54) is 0 Å². The number of hydrogen-bond donors (Lipinski definition) is 2. The van der Waals surface area contributed by atoms with Crippen molar-refractivity contribution in [2.45, 2.75) is 46.2 Å². The maximum absolute atomic E-state index is 12.4. The average molecular weight is 358 g/mol. The van der Waals surface area contributed by atoms with E-state index in [1.807, 2.05) is 0 Å². The van der Waals surface area contributed by atoms with Gasteiger partial charge in [-0.1, -0.05) is 13.8 Å². The van der Waals surface area contributed by atoms with Crippen LogP contribution in [0.4, 0.5) is 5.69 Å². The van der Waals surface area contributed by atoms with Gasteiger partial charge in [-0.05, 0) is 18.3 Å². The Morgan fingerprint density at radius 2 is 2.12 bits per heavy atom. The first-order chi connectivity index (χ1) is 12.4. The van der Waals surface area contributed by atoms with Crippen LogP contribution in [0.1, 0.15) is 38.3 Å². The number of fused-ring (bicyclic) bond motifs is 1. The normalized spacial score (nSPS) is 23.3. The zero-order chi connectivity index (χ0) is 18.5. The Hall–Kier alpha value is -2.71. The van der Waals surface area contributed by atoms with Crippen LogP contribution in [0.2, 0.25) is 0 Å². The number of rotatable bonds is 5. The molecule has 4 rings (SSSR count). The lowest BCUT2D eigenvalue weighted by molar-refractivity contribution is -0.140. The molecule has 0 bridgehead atoms. The van der Waals surface area contributed by atoms with Gasteiger partial charge in [0.15, 0.2) is 5.82 Å². The van der Waals surface area contributed by atoms with Gasteiger partial charge in [0.25, 0.3) is 0 Å². The molecule has 138 valence electrons. The Morgan fingerprint density at radius 1 is 1.31 bits per heavy atom. The fraction of sp³-hybridized carbons (Fsp3) is 0.588. The second-order valence-electron chi connectivity index (χ2n) is 7.67. The second-order valence-corrected chi connectivity index (χ2v) is 7.67. The molecule has 1 aliphatic carbocycles. The number of carboxylic acid groups (broad SMARTS) is 1. The topological polar surface area (TPSA) is 115 Å². The fourth-order valence-corrected chi connectivity index (χ4v) is 3.95. The van der Waals surface area contributed by atoms with E-state index in [9.17, 15) is 14.7 Å². The SMILES string of the molecule is CC1(C)[C@H](C(=O)O)[C@@H]1C(=O)Nc1cnn(Cc2nnc3n2CCCC3)c1. The molecule has 1 aliphatic heterocycles. The minimum atomic E-state index is -0.928. The molecule has 2 aromatic rings. The molecular weight excluding hydrogens is 336 g/mol. The van der Waals surface area contributed by atoms with Gasteiger partial charge in [0, 0.05) is 19.2 Å². The van der Waals surface area contributed by atoms with Crippen LogP contribution in [0.25, 0.3) is 0 Å². The van der Waals surface area contributed by atoms with Crippen LogP contribution in [0.5, 0.6) is 0 Å². The number of aliphatic carboxylic acids is 1. The third-order valence-electron chi connectivity index (χ3n) is 5.52. The van der Waals surface area contributed by atoms with Crippen molar-refractivity contribution in [3.8, 4) is 0 Å². The number of aryl methyl sites for hydroxylation is 1. The summed E-state index contributed by atoms with van der Waals surface area (Å²) in [5.74, 6) is -0.492. The lowest BCUT2D eigenvalue weighted by atomic mass is 10.1. The number of aromatic nitrogens is 5. The quantitative estimate of drug-likeness (QED) is 0.829. The lowest BCUT2D eigenvalue weighted by Crippen LogP contribution is -2.17. The van der Waals surface area contributed by atoms with Crippen molar-refractivity contribution in [3.05, 3.63) is 24.0 Å². The van der Waals surface area contributed by atoms with E-state index in [0.29, 0.717) is 12.2 Å². The van der Waals surface area contributed by atoms with E-state index in [1.54, 1.807) is 30.9 Å². The number of nitrogens with one attached hydrogen (secondary N) is 1. The zero-order valence-corrected chi connectivity index (χ0v) is 14.8. The molecule has 0 spiro atoms. The summed E-state index contributed by atoms with van der Waals surface area (Å²) in [5, 5.41) is 24.7. The van der Waals surface area contributed by atoms with Crippen molar-refractivity contribution in [1.82, 2.24) is 24.5 Å². The third-order valence-corrected chi connectivity index (χ3v) is 5.52. The average Bonchev–Trinajstić information content (AvgIpc) is 2.92. The van der Waals surface area contributed by atoms with E-state index in [2.05, 4.69) is 25.2 Å². The van der Waals surface area contributed by atoms with Gasteiger partial charge in [-0.3, -0.25) is 14.3 Å². The van der Waals surface area contributed by atoms with Gasteiger partial charge in [0.05, 0.1) is 23.7 Å². The highest BCUT2D eigenvalue weighted by molar-refractivity contribution is 5.99. The maximum atomic E-state index is 12.4. The van der Waals surface area contributed by atoms with Crippen LogP contribution >= 0.6 is 0 Å². The Labute approximate surface area is 150 Å². The molecular formula is C17H22N6O3.